The van der Waals surface area contributed by atoms with Crippen molar-refractivity contribution < 1.29 is 8.78 Å². The first kappa shape index (κ1) is 14.6. The molecule has 0 aromatic heterocycles. The summed E-state index contributed by atoms with van der Waals surface area (Å²) in [4.78, 5) is 4.38. The van der Waals surface area contributed by atoms with Crippen LogP contribution >= 0.6 is 0 Å². The van der Waals surface area contributed by atoms with E-state index in [-0.39, 0.29) is 11.4 Å². The van der Waals surface area contributed by atoms with Gasteiger partial charge in [0.1, 0.15) is 5.69 Å². The lowest BCUT2D eigenvalue weighted by molar-refractivity contribution is 0.141. The van der Waals surface area contributed by atoms with E-state index in [9.17, 15) is 8.78 Å². The van der Waals surface area contributed by atoms with Gasteiger partial charge in [-0.15, -0.1) is 0 Å². The number of halogens is 2. The molecule has 3 rings (SSSR count). The van der Waals surface area contributed by atoms with Crippen LogP contribution in [-0.2, 0) is 0 Å². The van der Waals surface area contributed by atoms with Crippen LogP contribution in [0.15, 0.2) is 12.1 Å². The SMILES string of the molecule is Nc1cc(F)c(N2CCC(N3CCCCC3)CC2)c(F)c1. The van der Waals surface area contributed by atoms with Crippen LogP contribution in [0.4, 0.5) is 20.2 Å². The predicted octanol–water partition coefficient (Wildman–Crippen LogP) is 3.00. The third-order valence-electron chi connectivity index (χ3n) is 4.73. The van der Waals surface area contributed by atoms with Crippen LogP contribution in [0.5, 0.6) is 0 Å². The quantitative estimate of drug-likeness (QED) is 0.851. The minimum atomic E-state index is -0.552. The highest BCUT2D eigenvalue weighted by Gasteiger charge is 2.28. The van der Waals surface area contributed by atoms with Crippen molar-refractivity contribution in [2.75, 3.05) is 36.8 Å². The van der Waals surface area contributed by atoms with E-state index in [1.54, 1.807) is 0 Å². The Labute approximate surface area is 124 Å². The molecule has 21 heavy (non-hydrogen) atoms. The topological polar surface area (TPSA) is 32.5 Å². The van der Waals surface area contributed by atoms with Crippen LogP contribution in [0.1, 0.15) is 32.1 Å². The van der Waals surface area contributed by atoms with Crippen molar-refractivity contribution in [3.63, 3.8) is 0 Å². The maximum absolute atomic E-state index is 14.0. The van der Waals surface area contributed by atoms with Crippen LogP contribution in [0.3, 0.4) is 0 Å². The van der Waals surface area contributed by atoms with Gasteiger partial charge in [-0.2, -0.15) is 0 Å². The van der Waals surface area contributed by atoms with Gasteiger partial charge in [0, 0.05) is 24.8 Å². The average Bonchev–Trinajstić information content (AvgIpc) is 2.48. The Hall–Kier alpha value is -1.36. The molecule has 2 heterocycles. The molecular weight excluding hydrogens is 272 g/mol. The molecule has 0 spiro atoms. The molecule has 0 bridgehead atoms. The molecule has 2 N–H and O–H groups in total. The molecule has 1 aromatic rings. The summed E-state index contributed by atoms with van der Waals surface area (Å²) in [6.07, 6.45) is 5.84. The van der Waals surface area contributed by atoms with Crippen LogP contribution in [0, 0.1) is 11.6 Å². The molecule has 2 saturated heterocycles. The number of hydrogen-bond donors (Lipinski definition) is 1. The second-order valence-electron chi connectivity index (χ2n) is 6.15. The number of nitrogens with two attached hydrogens (primary N) is 1. The molecule has 0 radical (unpaired) electrons. The van der Waals surface area contributed by atoms with E-state index in [0.29, 0.717) is 19.1 Å². The summed E-state index contributed by atoms with van der Waals surface area (Å²) in [5.74, 6) is -1.10. The van der Waals surface area contributed by atoms with Crippen LogP contribution in [-0.4, -0.2) is 37.1 Å². The van der Waals surface area contributed by atoms with Gasteiger partial charge in [-0.3, -0.25) is 0 Å². The van der Waals surface area contributed by atoms with Crippen molar-refractivity contribution in [2.24, 2.45) is 0 Å². The Morgan fingerprint density at radius 3 is 2.05 bits per heavy atom. The van der Waals surface area contributed by atoms with Crippen molar-refractivity contribution >= 4 is 11.4 Å². The van der Waals surface area contributed by atoms with Crippen LogP contribution in [0.25, 0.3) is 0 Å². The largest absolute Gasteiger partial charge is 0.399 e. The summed E-state index contributed by atoms with van der Waals surface area (Å²) < 4.78 is 28.0. The fourth-order valence-electron chi connectivity index (χ4n) is 3.63. The minimum absolute atomic E-state index is 0.0845. The number of piperidine rings is 2. The average molecular weight is 295 g/mol. The van der Waals surface area contributed by atoms with E-state index in [2.05, 4.69) is 4.90 Å². The van der Waals surface area contributed by atoms with Crippen molar-refractivity contribution in [1.82, 2.24) is 4.90 Å². The zero-order chi connectivity index (χ0) is 14.8. The van der Waals surface area contributed by atoms with Crippen molar-refractivity contribution in [3.05, 3.63) is 23.8 Å². The highest BCUT2D eigenvalue weighted by molar-refractivity contribution is 5.56. The van der Waals surface area contributed by atoms with E-state index in [4.69, 9.17) is 5.73 Å². The summed E-state index contributed by atoms with van der Waals surface area (Å²) in [7, 11) is 0. The molecule has 0 unspecified atom stereocenters. The molecular formula is C16H23F2N3. The summed E-state index contributed by atoms with van der Waals surface area (Å²) in [6.45, 7) is 3.77. The van der Waals surface area contributed by atoms with Crippen molar-refractivity contribution in [2.45, 2.75) is 38.1 Å². The maximum Gasteiger partial charge on any atom is 0.151 e. The van der Waals surface area contributed by atoms with E-state index in [1.807, 2.05) is 4.90 Å². The summed E-state index contributed by atoms with van der Waals surface area (Å²) >= 11 is 0. The molecule has 5 heteroatoms. The first-order valence-electron chi connectivity index (χ1n) is 7.88. The van der Waals surface area contributed by atoms with Gasteiger partial charge in [0.25, 0.3) is 0 Å². The van der Waals surface area contributed by atoms with Crippen LogP contribution in [0.2, 0.25) is 0 Å². The van der Waals surface area contributed by atoms with Gasteiger partial charge in [0.2, 0.25) is 0 Å². The standard InChI is InChI=1S/C16H23F2N3/c17-14-10-12(19)11-15(18)16(14)21-8-4-13(5-9-21)20-6-2-1-3-7-20/h10-11,13H,1-9,19H2. The molecule has 1 aromatic carbocycles. The highest BCUT2D eigenvalue weighted by Crippen LogP contribution is 2.30. The van der Waals surface area contributed by atoms with E-state index in [0.717, 1.165) is 12.8 Å². The Morgan fingerprint density at radius 2 is 1.48 bits per heavy atom. The fraction of sp³-hybridized carbons (Fsp3) is 0.625. The number of hydrogen-bond acceptors (Lipinski definition) is 3. The smallest absolute Gasteiger partial charge is 0.151 e. The predicted molar refractivity (Wildman–Crippen MR) is 81.4 cm³/mol. The lowest BCUT2D eigenvalue weighted by Gasteiger charge is -2.41. The molecule has 3 nitrogen and oxygen atoms in total. The Bertz CT molecular complexity index is 469. The monoisotopic (exact) mass is 295 g/mol. The Morgan fingerprint density at radius 1 is 0.905 bits per heavy atom. The lowest BCUT2D eigenvalue weighted by atomic mass is 9.99. The number of rotatable bonds is 2. The molecule has 116 valence electrons. The number of likely N-dealkylation sites (tertiary alicyclic amines) is 1. The second-order valence-corrected chi connectivity index (χ2v) is 6.15. The lowest BCUT2D eigenvalue weighted by Crippen LogP contribution is -2.47. The minimum Gasteiger partial charge on any atom is -0.399 e. The van der Waals surface area contributed by atoms with Gasteiger partial charge >= 0.3 is 0 Å². The number of nitrogens with zero attached hydrogens (tertiary/aromatic N) is 2. The fourth-order valence-corrected chi connectivity index (χ4v) is 3.63. The molecule has 0 aliphatic carbocycles. The first-order chi connectivity index (χ1) is 10.1. The van der Waals surface area contributed by atoms with E-state index < -0.39 is 11.6 Å². The molecule has 0 amide bonds. The maximum atomic E-state index is 14.0. The molecule has 2 aliphatic heterocycles. The summed E-state index contributed by atoms with van der Waals surface area (Å²) in [6, 6.07) is 2.98. The molecule has 2 aliphatic rings. The number of benzene rings is 1. The van der Waals surface area contributed by atoms with Gasteiger partial charge in [-0.25, -0.2) is 8.78 Å². The van der Waals surface area contributed by atoms with Crippen molar-refractivity contribution in [3.8, 4) is 0 Å². The van der Waals surface area contributed by atoms with Gasteiger partial charge in [-0.1, -0.05) is 6.42 Å². The first-order valence-corrected chi connectivity index (χ1v) is 7.88. The Balaban J connectivity index is 1.65. The van der Waals surface area contributed by atoms with E-state index in [1.165, 1.54) is 44.5 Å². The third-order valence-corrected chi connectivity index (χ3v) is 4.73. The van der Waals surface area contributed by atoms with Gasteiger partial charge in [-0.05, 0) is 50.9 Å². The molecule has 2 fully saturated rings. The van der Waals surface area contributed by atoms with Crippen molar-refractivity contribution in [1.29, 1.82) is 0 Å². The van der Waals surface area contributed by atoms with E-state index >= 15 is 0 Å². The number of nitrogen functional groups attached to an aromatic ring is 1. The Kier molecular flexibility index (Phi) is 4.29. The molecule has 0 saturated carbocycles. The van der Waals surface area contributed by atoms with Gasteiger partial charge < -0.3 is 15.5 Å². The highest BCUT2D eigenvalue weighted by atomic mass is 19.1. The third kappa shape index (κ3) is 3.12. The van der Waals surface area contributed by atoms with Gasteiger partial charge in [0.05, 0.1) is 0 Å². The zero-order valence-corrected chi connectivity index (χ0v) is 12.3. The zero-order valence-electron chi connectivity index (χ0n) is 12.3. The number of anilines is 2. The summed E-state index contributed by atoms with van der Waals surface area (Å²) in [5.41, 5.74) is 5.69. The normalized spacial score (nSPS) is 21.7. The van der Waals surface area contributed by atoms with Crippen LogP contribution < -0.4 is 10.6 Å². The van der Waals surface area contributed by atoms with Gasteiger partial charge in [0.15, 0.2) is 11.6 Å². The second kappa shape index (κ2) is 6.18. The molecule has 0 atom stereocenters. The summed E-state index contributed by atoms with van der Waals surface area (Å²) in [5, 5.41) is 0.